The molecule has 1 aromatic carbocycles. The number of nitrogens with one attached hydrogen (secondary N) is 1. The normalized spacial score (nSPS) is 10.9. The first-order valence-corrected chi connectivity index (χ1v) is 6.78. The predicted molar refractivity (Wildman–Crippen MR) is 78.2 cm³/mol. The van der Waals surface area contributed by atoms with E-state index in [0.717, 1.165) is 24.1 Å². The molecule has 1 aromatic heterocycles. The lowest BCUT2D eigenvalue weighted by molar-refractivity contribution is 0.647. The van der Waals surface area contributed by atoms with Crippen LogP contribution in [0.4, 0.5) is 0 Å². The molecule has 0 aliphatic heterocycles. The van der Waals surface area contributed by atoms with Crippen molar-refractivity contribution in [2.24, 2.45) is 5.92 Å². The highest BCUT2D eigenvalue weighted by molar-refractivity contribution is 5.55. The standard InChI is InChI=1S/C16H20N2O/c1-4-14-10-15(19)18-16(17-14)13-7-5-12(6-8-13)9-11(2)3/h5-8,10-11H,4,9H2,1-3H3,(H,17,18,19). The van der Waals surface area contributed by atoms with E-state index in [9.17, 15) is 4.79 Å². The molecule has 0 aliphatic rings. The minimum atomic E-state index is -0.0897. The number of hydrogen-bond donors (Lipinski definition) is 1. The number of rotatable bonds is 4. The Labute approximate surface area is 113 Å². The molecule has 1 N–H and O–H groups in total. The van der Waals surface area contributed by atoms with E-state index in [2.05, 4.69) is 35.9 Å². The van der Waals surface area contributed by atoms with E-state index in [1.54, 1.807) is 6.07 Å². The Balaban J connectivity index is 2.31. The van der Waals surface area contributed by atoms with Crippen LogP contribution in [0.15, 0.2) is 35.1 Å². The van der Waals surface area contributed by atoms with Crippen LogP contribution in [-0.2, 0) is 12.8 Å². The Morgan fingerprint density at radius 1 is 1.21 bits per heavy atom. The van der Waals surface area contributed by atoms with E-state index in [1.165, 1.54) is 5.56 Å². The quantitative estimate of drug-likeness (QED) is 0.913. The number of nitrogens with zero attached hydrogens (tertiary/aromatic N) is 1. The van der Waals surface area contributed by atoms with Gasteiger partial charge in [0.15, 0.2) is 0 Å². The lowest BCUT2D eigenvalue weighted by atomic mass is 10.0. The molecule has 0 unspecified atom stereocenters. The maximum absolute atomic E-state index is 11.6. The zero-order valence-corrected chi connectivity index (χ0v) is 11.7. The van der Waals surface area contributed by atoms with Crippen LogP contribution in [0, 0.1) is 5.92 Å². The predicted octanol–water partition coefficient (Wildman–Crippen LogP) is 3.20. The number of aromatic nitrogens is 2. The molecule has 1 heterocycles. The van der Waals surface area contributed by atoms with Crippen LogP contribution in [0.3, 0.4) is 0 Å². The average molecular weight is 256 g/mol. The van der Waals surface area contributed by atoms with Crippen molar-refractivity contribution in [3.8, 4) is 11.4 Å². The number of aromatic amines is 1. The van der Waals surface area contributed by atoms with E-state index in [4.69, 9.17) is 0 Å². The number of benzene rings is 1. The average Bonchev–Trinajstić information content (AvgIpc) is 2.38. The summed E-state index contributed by atoms with van der Waals surface area (Å²) >= 11 is 0. The minimum Gasteiger partial charge on any atom is -0.307 e. The van der Waals surface area contributed by atoms with Gasteiger partial charge in [-0.2, -0.15) is 0 Å². The molecule has 0 aliphatic carbocycles. The first-order valence-electron chi connectivity index (χ1n) is 6.78. The van der Waals surface area contributed by atoms with Crippen molar-refractivity contribution in [3.05, 3.63) is 51.9 Å². The molecular formula is C16H20N2O. The van der Waals surface area contributed by atoms with E-state index in [0.29, 0.717) is 11.7 Å². The summed E-state index contributed by atoms with van der Waals surface area (Å²) < 4.78 is 0. The molecule has 0 atom stereocenters. The fourth-order valence-electron chi connectivity index (χ4n) is 2.10. The topological polar surface area (TPSA) is 45.8 Å². The highest BCUT2D eigenvalue weighted by Gasteiger charge is 2.04. The van der Waals surface area contributed by atoms with Crippen LogP contribution in [0.1, 0.15) is 32.0 Å². The molecule has 3 nitrogen and oxygen atoms in total. The molecule has 0 saturated carbocycles. The van der Waals surface area contributed by atoms with Crippen molar-refractivity contribution in [1.29, 1.82) is 0 Å². The van der Waals surface area contributed by atoms with Crippen LogP contribution < -0.4 is 5.56 Å². The van der Waals surface area contributed by atoms with E-state index in [1.807, 2.05) is 19.1 Å². The van der Waals surface area contributed by atoms with Gasteiger partial charge < -0.3 is 4.98 Å². The molecular weight excluding hydrogens is 236 g/mol. The molecule has 2 aromatic rings. The largest absolute Gasteiger partial charge is 0.307 e. The zero-order valence-electron chi connectivity index (χ0n) is 11.7. The highest BCUT2D eigenvalue weighted by atomic mass is 16.1. The summed E-state index contributed by atoms with van der Waals surface area (Å²) in [6, 6.07) is 9.81. The Morgan fingerprint density at radius 3 is 2.47 bits per heavy atom. The first-order chi connectivity index (χ1) is 9.08. The molecule has 3 heteroatoms. The van der Waals surface area contributed by atoms with Gasteiger partial charge in [0, 0.05) is 17.3 Å². The minimum absolute atomic E-state index is 0.0897. The Bertz CT molecular complexity index is 597. The van der Waals surface area contributed by atoms with Gasteiger partial charge in [-0.3, -0.25) is 4.79 Å². The molecule has 0 radical (unpaired) electrons. The van der Waals surface area contributed by atoms with E-state index < -0.39 is 0 Å². The molecule has 0 amide bonds. The molecule has 0 saturated heterocycles. The van der Waals surface area contributed by atoms with Gasteiger partial charge in [0.05, 0.1) is 0 Å². The molecule has 0 bridgehead atoms. The van der Waals surface area contributed by atoms with Crippen molar-refractivity contribution in [3.63, 3.8) is 0 Å². The van der Waals surface area contributed by atoms with Crippen LogP contribution >= 0.6 is 0 Å². The summed E-state index contributed by atoms with van der Waals surface area (Å²) in [7, 11) is 0. The van der Waals surface area contributed by atoms with Gasteiger partial charge in [0.25, 0.3) is 5.56 Å². The van der Waals surface area contributed by atoms with Gasteiger partial charge in [0.1, 0.15) is 5.82 Å². The summed E-state index contributed by atoms with van der Waals surface area (Å²) in [5.41, 5.74) is 3.01. The van der Waals surface area contributed by atoms with Gasteiger partial charge in [-0.1, -0.05) is 45.0 Å². The first kappa shape index (κ1) is 13.5. The third kappa shape index (κ3) is 3.53. The zero-order chi connectivity index (χ0) is 13.8. The molecule has 19 heavy (non-hydrogen) atoms. The van der Waals surface area contributed by atoms with Crippen LogP contribution in [0.25, 0.3) is 11.4 Å². The monoisotopic (exact) mass is 256 g/mol. The molecule has 100 valence electrons. The highest BCUT2D eigenvalue weighted by Crippen LogP contribution is 2.16. The maximum Gasteiger partial charge on any atom is 0.251 e. The maximum atomic E-state index is 11.6. The molecule has 0 spiro atoms. The smallest absolute Gasteiger partial charge is 0.251 e. The lowest BCUT2D eigenvalue weighted by Crippen LogP contribution is -2.09. The van der Waals surface area contributed by atoms with Gasteiger partial charge in [-0.25, -0.2) is 4.98 Å². The molecule has 0 fully saturated rings. The van der Waals surface area contributed by atoms with Crippen molar-refractivity contribution in [2.75, 3.05) is 0 Å². The van der Waals surface area contributed by atoms with Gasteiger partial charge in [-0.15, -0.1) is 0 Å². The third-order valence-electron chi connectivity index (χ3n) is 3.03. The Hall–Kier alpha value is -1.90. The van der Waals surface area contributed by atoms with Gasteiger partial charge in [0.2, 0.25) is 0 Å². The van der Waals surface area contributed by atoms with Crippen LogP contribution in [-0.4, -0.2) is 9.97 Å². The fourth-order valence-corrected chi connectivity index (χ4v) is 2.10. The van der Waals surface area contributed by atoms with Gasteiger partial charge in [-0.05, 0) is 24.3 Å². The van der Waals surface area contributed by atoms with Crippen molar-refractivity contribution in [2.45, 2.75) is 33.6 Å². The summed E-state index contributed by atoms with van der Waals surface area (Å²) in [6.07, 6.45) is 1.83. The second kappa shape index (κ2) is 5.83. The van der Waals surface area contributed by atoms with E-state index >= 15 is 0 Å². The van der Waals surface area contributed by atoms with Crippen molar-refractivity contribution in [1.82, 2.24) is 9.97 Å². The lowest BCUT2D eigenvalue weighted by Gasteiger charge is -2.07. The second-order valence-electron chi connectivity index (χ2n) is 5.23. The van der Waals surface area contributed by atoms with Crippen molar-refractivity contribution < 1.29 is 0 Å². The summed E-state index contributed by atoms with van der Waals surface area (Å²) in [4.78, 5) is 18.8. The fraction of sp³-hybridized carbons (Fsp3) is 0.375. The number of H-pyrrole nitrogens is 1. The van der Waals surface area contributed by atoms with Crippen molar-refractivity contribution >= 4 is 0 Å². The molecule has 2 rings (SSSR count). The summed E-state index contributed by atoms with van der Waals surface area (Å²) in [6.45, 7) is 6.41. The SMILES string of the molecule is CCc1cc(=O)[nH]c(-c2ccc(CC(C)C)cc2)n1. The van der Waals surface area contributed by atoms with Crippen LogP contribution in [0.5, 0.6) is 0 Å². The van der Waals surface area contributed by atoms with E-state index in [-0.39, 0.29) is 5.56 Å². The summed E-state index contributed by atoms with van der Waals surface area (Å²) in [5, 5.41) is 0. The van der Waals surface area contributed by atoms with Crippen LogP contribution in [0.2, 0.25) is 0 Å². The van der Waals surface area contributed by atoms with Gasteiger partial charge >= 0.3 is 0 Å². The Kier molecular flexibility index (Phi) is 4.15. The Morgan fingerprint density at radius 2 is 1.89 bits per heavy atom. The third-order valence-corrected chi connectivity index (χ3v) is 3.03. The number of aryl methyl sites for hydroxylation is 1. The summed E-state index contributed by atoms with van der Waals surface area (Å²) in [5.74, 6) is 1.30. The second-order valence-corrected chi connectivity index (χ2v) is 5.23. The number of hydrogen-bond acceptors (Lipinski definition) is 2.